The zero-order valence-electron chi connectivity index (χ0n) is 10.2. The topological polar surface area (TPSA) is 43.6 Å². The van der Waals surface area contributed by atoms with Crippen LogP contribution in [0.2, 0.25) is 0 Å². The van der Waals surface area contributed by atoms with Crippen molar-refractivity contribution in [2.24, 2.45) is 0 Å². The van der Waals surface area contributed by atoms with Gasteiger partial charge in [-0.1, -0.05) is 24.3 Å². The van der Waals surface area contributed by atoms with Crippen LogP contribution in [0.25, 0.3) is 16.4 Å². The molecule has 0 aliphatic carbocycles. The van der Waals surface area contributed by atoms with E-state index in [1.807, 2.05) is 43.3 Å². The summed E-state index contributed by atoms with van der Waals surface area (Å²) in [7, 11) is 1.38. The van der Waals surface area contributed by atoms with Crippen LogP contribution in [-0.4, -0.2) is 22.7 Å². The third-order valence-electron chi connectivity index (χ3n) is 3.07. The van der Waals surface area contributed by atoms with Gasteiger partial charge in [0, 0.05) is 5.39 Å². The normalized spacial score (nSPS) is 11.0. The van der Waals surface area contributed by atoms with E-state index in [-0.39, 0.29) is 5.97 Å². The number of hydrogen-bond acceptors (Lipinski definition) is 3. The van der Waals surface area contributed by atoms with E-state index in [0.29, 0.717) is 11.3 Å². The number of benzene rings is 1. The summed E-state index contributed by atoms with van der Waals surface area (Å²) in [6.45, 7) is 1.81. The average Bonchev–Trinajstić information content (AvgIpc) is 2.74. The van der Waals surface area contributed by atoms with Crippen molar-refractivity contribution < 1.29 is 9.53 Å². The number of para-hydroxylation sites is 1. The molecule has 0 radical (unpaired) electrons. The van der Waals surface area contributed by atoms with Crippen molar-refractivity contribution in [3.05, 3.63) is 47.7 Å². The smallest absolute Gasteiger partial charge is 0.341 e. The molecule has 18 heavy (non-hydrogen) atoms. The van der Waals surface area contributed by atoms with Crippen LogP contribution in [0.1, 0.15) is 16.1 Å². The van der Waals surface area contributed by atoms with Gasteiger partial charge in [-0.3, -0.25) is 0 Å². The summed E-state index contributed by atoms with van der Waals surface area (Å²) >= 11 is 0. The lowest BCUT2D eigenvalue weighted by molar-refractivity contribution is 0.0602. The van der Waals surface area contributed by atoms with Crippen molar-refractivity contribution in [2.45, 2.75) is 6.92 Å². The summed E-state index contributed by atoms with van der Waals surface area (Å²) in [5.74, 6) is -0.349. The maximum Gasteiger partial charge on any atom is 0.341 e. The first-order chi connectivity index (χ1) is 8.72. The van der Waals surface area contributed by atoms with Gasteiger partial charge in [-0.2, -0.15) is 5.10 Å². The van der Waals surface area contributed by atoms with Crippen molar-refractivity contribution in [2.75, 3.05) is 7.11 Å². The summed E-state index contributed by atoms with van der Waals surface area (Å²) in [6.07, 6.45) is 0. The third kappa shape index (κ3) is 1.39. The van der Waals surface area contributed by atoms with Crippen molar-refractivity contribution in [1.29, 1.82) is 0 Å². The highest BCUT2D eigenvalue weighted by molar-refractivity contribution is 5.99. The van der Waals surface area contributed by atoms with Gasteiger partial charge in [0.25, 0.3) is 0 Å². The minimum absolute atomic E-state index is 0.349. The number of aromatic nitrogens is 2. The third-order valence-corrected chi connectivity index (χ3v) is 3.07. The first-order valence-corrected chi connectivity index (χ1v) is 5.68. The van der Waals surface area contributed by atoms with E-state index in [1.54, 1.807) is 4.52 Å². The van der Waals surface area contributed by atoms with Gasteiger partial charge >= 0.3 is 5.97 Å². The van der Waals surface area contributed by atoms with Gasteiger partial charge in [0.1, 0.15) is 5.56 Å². The predicted molar refractivity (Wildman–Crippen MR) is 68.8 cm³/mol. The molecular formula is C14H12N2O2. The van der Waals surface area contributed by atoms with E-state index < -0.39 is 0 Å². The number of rotatable bonds is 1. The monoisotopic (exact) mass is 240 g/mol. The van der Waals surface area contributed by atoms with Crippen LogP contribution in [0.3, 0.4) is 0 Å². The molecule has 4 heteroatoms. The van der Waals surface area contributed by atoms with E-state index in [4.69, 9.17) is 4.74 Å². The molecule has 0 fully saturated rings. The Bertz CT molecular complexity index is 759. The molecule has 0 saturated carbocycles. The van der Waals surface area contributed by atoms with Gasteiger partial charge in [0.15, 0.2) is 0 Å². The van der Waals surface area contributed by atoms with Gasteiger partial charge in [0.2, 0.25) is 0 Å². The van der Waals surface area contributed by atoms with Crippen molar-refractivity contribution in [3.63, 3.8) is 0 Å². The number of nitrogens with zero attached hydrogens (tertiary/aromatic N) is 2. The number of ether oxygens (including phenoxy) is 1. The molecule has 0 aliphatic rings. The van der Waals surface area contributed by atoms with Crippen molar-refractivity contribution in [3.8, 4) is 0 Å². The zero-order chi connectivity index (χ0) is 12.7. The van der Waals surface area contributed by atoms with Gasteiger partial charge in [-0.05, 0) is 19.1 Å². The molecule has 0 spiro atoms. The Balaban J connectivity index is 2.44. The van der Waals surface area contributed by atoms with E-state index in [2.05, 4.69) is 5.10 Å². The molecular weight excluding hydrogens is 228 g/mol. The second kappa shape index (κ2) is 3.84. The Morgan fingerprint density at radius 2 is 1.94 bits per heavy atom. The quantitative estimate of drug-likeness (QED) is 0.614. The largest absolute Gasteiger partial charge is 0.465 e. The fourth-order valence-corrected chi connectivity index (χ4v) is 2.23. The van der Waals surface area contributed by atoms with Crippen LogP contribution in [0, 0.1) is 6.92 Å². The Labute approximate surface area is 104 Å². The lowest BCUT2D eigenvalue weighted by atomic mass is 10.1. The molecule has 3 aromatic rings. The summed E-state index contributed by atoms with van der Waals surface area (Å²) in [5.41, 5.74) is 2.97. The second-order valence-corrected chi connectivity index (χ2v) is 4.14. The first kappa shape index (κ1) is 10.8. The molecule has 0 bridgehead atoms. The van der Waals surface area contributed by atoms with Gasteiger partial charge < -0.3 is 4.74 Å². The number of aryl methyl sites for hydroxylation is 1. The van der Waals surface area contributed by atoms with E-state index >= 15 is 0 Å². The number of carbonyl (C=O) groups is 1. The number of hydrogen-bond donors (Lipinski definition) is 0. The minimum Gasteiger partial charge on any atom is -0.465 e. The average molecular weight is 240 g/mol. The molecule has 0 unspecified atom stereocenters. The van der Waals surface area contributed by atoms with Crippen LogP contribution in [0.4, 0.5) is 0 Å². The number of fused-ring (bicyclic) bond motifs is 3. The maximum atomic E-state index is 11.8. The highest BCUT2D eigenvalue weighted by atomic mass is 16.5. The molecule has 4 nitrogen and oxygen atoms in total. The number of pyridine rings is 1. The lowest BCUT2D eigenvalue weighted by Gasteiger charge is -2.01. The Kier molecular flexibility index (Phi) is 2.30. The second-order valence-electron chi connectivity index (χ2n) is 4.14. The Hall–Kier alpha value is -2.36. The molecule has 0 atom stereocenters. The van der Waals surface area contributed by atoms with Crippen LogP contribution in [-0.2, 0) is 4.74 Å². The van der Waals surface area contributed by atoms with Crippen molar-refractivity contribution >= 4 is 22.4 Å². The number of carbonyl (C=O) groups excluding carboxylic acids is 1. The van der Waals surface area contributed by atoms with Gasteiger partial charge in [-0.15, -0.1) is 0 Å². The molecule has 3 rings (SSSR count). The highest BCUT2D eigenvalue weighted by Gasteiger charge is 2.18. The number of methoxy groups -OCH3 is 1. The van der Waals surface area contributed by atoms with E-state index in [9.17, 15) is 4.79 Å². The first-order valence-electron chi connectivity index (χ1n) is 5.68. The molecule has 2 aromatic heterocycles. The molecule has 90 valence electrons. The van der Waals surface area contributed by atoms with Gasteiger partial charge in [0.05, 0.1) is 23.8 Å². The fraction of sp³-hybridized carbons (Fsp3) is 0.143. The Morgan fingerprint density at radius 1 is 1.17 bits per heavy atom. The lowest BCUT2D eigenvalue weighted by Crippen LogP contribution is -2.02. The molecule has 0 saturated heterocycles. The predicted octanol–water partition coefficient (Wildman–Crippen LogP) is 2.58. The number of esters is 1. The molecule has 0 aliphatic heterocycles. The van der Waals surface area contributed by atoms with Gasteiger partial charge in [-0.25, -0.2) is 9.31 Å². The zero-order valence-corrected chi connectivity index (χ0v) is 10.2. The van der Waals surface area contributed by atoms with Crippen LogP contribution >= 0.6 is 0 Å². The van der Waals surface area contributed by atoms with Crippen LogP contribution < -0.4 is 0 Å². The van der Waals surface area contributed by atoms with Crippen LogP contribution in [0.5, 0.6) is 0 Å². The summed E-state index contributed by atoms with van der Waals surface area (Å²) < 4.78 is 6.59. The fourth-order valence-electron chi connectivity index (χ4n) is 2.23. The molecule has 2 heterocycles. The summed E-state index contributed by atoms with van der Waals surface area (Å²) in [4.78, 5) is 11.8. The van der Waals surface area contributed by atoms with E-state index in [0.717, 1.165) is 16.4 Å². The molecule has 0 amide bonds. The standard InChI is InChI=1S/C14H12N2O2/c1-9-13(14(17)18-2)12-8-7-10-5-3-4-6-11(10)16(12)15-9/h3-8H,1-2H3. The highest BCUT2D eigenvalue weighted by Crippen LogP contribution is 2.22. The Morgan fingerprint density at radius 3 is 2.72 bits per heavy atom. The van der Waals surface area contributed by atoms with E-state index in [1.165, 1.54) is 7.11 Å². The van der Waals surface area contributed by atoms with Crippen LogP contribution in [0.15, 0.2) is 36.4 Å². The SMILES string of the molecule is COC(=O)c1c(C)nn2c1ccc1ccccc12. The summed E-state index contributed by atoms with van der Waals surface area (Å²) in [5, 5.41) is 5.51. The minimum atomic E-state index is -0.349. The maximum absolute atomic E-state index is 11.8. The molecule has 1 aromatic carbocycles. The van der Waals surface area contributed by atoms with Crippen molar-refractivity contribution in [1.82, 2.24) is 9.61 Å². The summed E-state index contributed by atoms with van der Waals surface area (Å²) in [6, 6.07) is 11.8. The molecule has 0 N–H and O–H groups in total.